The van der Waals surface area contributed by atoms with E-state index in [1.54, 1.807) is 61.5 Å². The third-order valence-corrected chi connectivity index (χ3v) is 6.38. The van der Waals surface area contributed by atoms with Crippen molar-refractivity contribution in [2.24, 2.45) is 0 Å². The zero-order valence-corrected chi connectivity index (χ0v) is 20.7. The Hall–Kier alpha value is -3.79. The molecule has 4 amide bonds. The molecule has 2 aromatic carbocycles. The summed E-state index contributed by atoms with van der Waals surface area (Å²) in [5.74, 6) is 0.777. The summed E-state index contributed by atoms with van der Waals surface area (Å²) < 4.78 is 17.3. The van der Waals surface area contributed by atoms with Gasteiger partial charge in [0.15, 0.2) is 0 Å². The van der Waals surface area contributed by atoms with E-state index < -0.39 is 6.03 Å². The first kappa shape index (κ1) is 25.3. The summed E-state index contributed by atoms with van der Waals surface area (Å²) in [6.45, 7) is 2.71. The van der Waals surface area contributed by atoms with E-state index in [9.17, 15) is 14.4 Å². The maximum Gasteiger partial charge on any atom is 0.323 e. The van der Waals surface area contributed by atoms with Gasteiger partial charge >= 0.3 is 6.03 Å². The van der Waals surface area contributed by atoms with Gasteiger partial charge in [-0.2, -0.15) is 0 Å². The van der Waals surface area contributed by atoms with Crippen molar-refractivity contribution in [3.05, 3.63) is 48.0 Å². The molecule has 3 atom stereocenters. The number of nitrogens with one attached hydrogen (secondary N) is 3. The highest BCUT2D eigenvalue weighted by atomic mass is 16.5. The number of methoxy groups -OCH3 is 1. The Kier molecular flexibility index (Phi) is 7.94. The maximum absolute atomic E-state index is 13.4. The van der Waals surface area contributed by atoms with E-state index in [4.69, 9.17) is 14.2 Å². The molecule has 0 aromatic heterocycles. The van der Waals surface area contributed by atoms with Crippen molar-refractivity contribution >= 4 is 29.2 Å². The number of ether oxygens (including phenoxy) is 3. The zero-order valence-electron chi connectivity index (χ0n) is 20.7. The van der Waals surface area contributed by atoms with Crippen LogP contribution in [0.4, 0.5) is 16.2 Å². The highest BCUT2D eigenvalue weighted by molar-refractivity contribution is 6.02. The van der Waals surface area contributed by atoms with Gasteiger partial charge in [-0.05, 0) is 50.1 Å². The van der Waals surface area contributed by atoms with Crippen LogP contribution in [0.1, 0.15) is 36.5 Å². The molecular weight excluding hydrogens is 464 g/mol. The summed E-state index contributed by atoms with van der Waals surface area (Å²) in [5.41, 5.74) is 1.39. The first-order chi connectivity index (χ1) is 17.4. The number of rotatable bonds is 6. The quantitative estimate of drug-likeness (QED) is 0.565. The molecule has 1 fully saturated rings. The molecule has 2 aliphatic heterocycles. The van der Waals surface area contributed by atoms with Gasteiger partial charge in [-0.15, -0.1) is 0 Å². The van der Waals surface area contributed by atoms with Crippen molar-refractivity contribution in [1.29, 1.82) is 0 Å². The molecule has 2 aromatic rings. The number of nitrogens with zero attached hydrogens (tertiary/aromatic N) is 1. The van der Waals surface area contributed by atoms with Gasteiger partial charge in [0.1, 0.15) is 24.2 Å². The van der Waals surface area contributed by atoms with E-state index in [0.29, 0.717) is 47.8 Å². The Morgan fingerprint density at radius 2 is 1.89 bits per heavy atom. The number of fused-ring (bicyclic) bond motifs is 2. The molecule has 0 bridgehead atoms. The topological polar surface area (TPSA) is 118 Å². The highest BCUT2D eigenvalue weighted by Gasteiger charge is 2.39. The van der Waals surface area contributed by atoms with Gasteiger partial charge in [-0.1, -0.05) is 6.07 Å². The molecule has 0 saturated carbocycles. The first-order valence-electron chi connectivity index (χ1n) is 12.1. The van der Waals surface area contributed by atoms with Crippen LogP contribution in [0.15, 0.2) is 42.5 Å². The van der Waals surface area contributed by atoms with Crippen LogP contribution in [0.2, 0.25) is 0 Å². The number of benzene rings is 2. The minimum atomic E-state index is -0.449. The van der Waals surface area contributed by atoms with Crippen molar-refractivity contribution < 1.29 is 28.6 Å². The molecular formula is C26H32N4O6. The molecule has 0 unspecified atom stereocenters. The SMILES string of the molecule is CCNC(=O)C[C@H]1CC[C@@H]2[C@@H](COc3ccc(NC(=O)Nc4cccc(OC)c4)cc3C(=O)N2C)O1. The fourth-order valence-electron chi connectivity index (χ4n) is 4.58. The predicted octanol–water partition coefficient (Wildman–Crippen LogP) is 3.25. The molecule has 36 heavy (non-hydrogen) atoms. The highest BCUT2D eigenvalue weighted by Crippen LogP contribution is 2.32. The number of amides is 4. The van der Waals surface area contributed by atoms with Crippen molar-refractivity contribution in [3.8, 4) is 11.5 Å². The van der Waals surface area contributed by atoms with E-state index in [1.807, 2.05) is 6.92 Å². The molecule has 0 aliphatic carbocycles. The van der Waals surface area contributed by atoms with E-state index >= 15 is 0 Å². The van der Waals surface area contributed by atoms with Crippen molar-refractivity contribution in [2.45, 2.75) is 44.4 Å². The van der Waals surface area contributed by atoms with Crippen LogP contribution in [0, 0.1) is 0 Å². The number of urea groups is 1. The largest absolute Gasteiger partial charge is 0.497 e. The van der Waals surface area contributed by atoms with Gasteiger partial charge in [0.25, 0.3) is 5.91 Å². The van der Waals surface area contributed by atoms with Gasteiger partial charge < -0.3 is 35.1 Å². The average Bonchev–Trinajstić information content (AvgIpc) is 2.86. The fourth-order valence-corrected chi connectivity index (χ4v) is 4.58. The lowest BCUT2D eigenvalue weighted by atomic mass is 9.94. The molecule has 3 N–H and O–H groups in total. The number of likely N-dealkylation sites (N-methyl/N-ethyl adjacent to an activating group) is 1. The molecule has 4 rings (SSSR count). The third-order valence-electron chi connectivity index (χ3n) is 6.38. The van der Waals surface area contributed by atoms with Crippen LogP contribution in [0.25, 0.3) is 0 Å². The van der Waals surface area contributed by atoms with E-state index in [1.165, 1.54) is 0 Å². The smallest absolute Gasteiger partial charge is 0.323 e. The lowest BCUT2D eigenvalue weighted by molar-refractivity contribution is -0.133. The molecule has 1 saturated heterocycles. The lowest BCUT2D eigenvalue weighted by Crippen LogP contribution is -2.54. The average molecular weight is 497 g/mol. The van der Waals surface area contributed by atoms with Crippen LogP contribution in [-0.4, -0.2) is 68.3 Å². The minimum Gasteiger partial charge on any atom is -0.497 e. The van der Waals surface area contributed by atoms with Crippen LogP contribution in [-0.2, 0) is 9.53 Å². The summed E-state index contributed by atoms with van der Waals surface area (Å²) in [6, 6.07) is 11.3. The minimum absolute atomic E-state index is 0.0436. The van der Waals surface area contributed by atoms with Crippen LogP contribution >= 0.6 is 0 Å². The monoisotopic (exact) mass is 496 g/mol. The van der Waals surface area contributed by atoms with Crippen LogP contribution < -0.4 is 25.4 Å². The summed E-state index contributed by atoms with van der Waals surface area (Å²) in [6.07, 6.45) is 1.12. The normalized spacial score (nSPS) is 21.1. The summed E-state index contributed by atoms with van der Waals surface area (Å²) in [7, 11) is 3.30. The number of hydrogen-bond donors (Lipinski definition) is 3. The summed E-state index contributed by atoms with van der Waals surface area (Å²) in [4.78, 5) is 39.6. The van der Waals surface area contributed by atoms with E-state index in [2.05, 4.69) is 16.0 Å². The number of anilines is 2. The lowest BCUT2D eigenvalue weighted by Gasteiger charge is -2.42. The Bertz CT molecular complexity index is 1120. The van der Waals surface area contributed by atoms with Gasteiger partial charge in [0, 0.05) is 31.0 Å². The summed E-state index contributed by atoms with van der Waals surface area (Å²) in [5, 5.41) is 8.31. The molecule has 10 heteroatoms. The third kappa shape index (κ3) is 5.88. The fraction of sp³-hybridized carbons (Fsp3) is 0.423. The molecule has 10 nitrogen and oxygen atoms in total. The Labute approximate surface area is 210 Å². The molecule has 192 valence electrons. The summed E-state index contributed by atoms with van der Waals surface area (Å²) >= 11 is 0. The Balaban J connectivity index is 1.44. The first-order valence-corrected chi connectivity index (χ1v) is 12.1. The van der Waals surface area contributed by atoms with Gasteiger partial charge in [0.2, 0.25) is 5.91 Å². The number of hydrogen-bond acceptors (Lipinski definition) is 6. The van der Waals surface area contributed by atoms with Crippen LogP contribution in [0.5, 0.6) is 11.5 Å². The molecule has 2 aliphatic rings. The van der Waals surface area contributed by atoms with Gasteiger partial charge in [-0.25, -0.2) is 4.79 Å². The van der Waals surface area contributed by atoms with Crippen molar-refractivity contribution in [3.63, 3.8) is 0 Å². The molecule has 0 spiro atoms. The Morgan fingerprint density at radius 3 is 2.64 bits per heavy atom. The zero-order chi connectivity index (χ0) is 25.7. The van der Waals surface area contributed by atoms with Crippen molar-refractivity contribution in [1.82, 2.24) is 10.2 Å². The second-order valence-electron chi connectivity index (χ2n) is 8.85. The predicted molar refractivity (Wildman–Crippen MR) is 135 cm³/mol. The van der Waals surface area contributed by atoms with E-state index in [0.717, 1.165) is 0 Å². The van der Waals surface area contributed by atoms with Gasteiger partial charge in [-0.3, -0.25) is 9.59 Å². The Morgan fingerprint density at radius 1 is 1.11 bits per heavy atom. The van der Waals surface area contributed by atoms with Crippen molar-refractivity contribution in [2.75, 3.05) is 37.9 Å². The molecule has 2 heterocycles. The molecule has 0 radical (unpaired) electrons. The number of carbonyl (C=O) groups is 3. The van der Waals surface area contributed by atoms with Crippen LogP contribution in [0.3, 0.4) is 0 Å². The number of carbonyl (C=O) groups excluding carboxylic acids is 3. The van der Waals surface area contributed by atoms with Gasteiger partial charge in [0.05, 0.1) is 31.2 Å². The second-order valence-corrected chi connectivity index (χ2v) is 8.85. The standard InChI is InChI=1S/C26H32N4O6/c1-4-27-24(31)14-19-9-10-21-23(36-19)15-35-22-11-8-17(13-20(22)25(32)30(21)2)29-26(33)28-16-6-5-7-18(12-16)34-3/h5-8,11-13,19,21,23H,4,9-10,14-15H2,1-3H3,(H,27,31)(H2,28,29,33)/t19-,21-,23-/m1/s1. The van der Waals surface area contributed by atoms with E-state index in [-0.39, 0.29) is 43.1 Å². The second kappa shape index (κ2) is 11.3. The maximum atomic E-state index is 13.4.